The van der Waals surface area contributed by atoms with Gasteiger partial charge in [-0.3, -0.25) is 9.69 Å². The fourth-order valence-corrected chi connectivity index (χ4v) is 8.13. The zero-order valence-electron chi connectivity index (χ0n) is 20.2. The molecule has 190 valence electrons. The summed E-state index contributed by atoms with van der Waals surface area (Å²) in [5.41, 5.74) is 0.956. The van der Waals surface area contributed by atoms with Gasteiger partial charge in [0.25, 0.3) is 5.91 Å². The van der Waals surface area contributed by atoms with Crippen molar-refractivity contribution in [1.82, 2.24) is 9.80 Å². The molecule has 3 aliphatic carbocycles. The lowest BCUT2D eigenvalue weighted by atomic mass is 9.48. The SMILES string of the molecule is CN(C(=O)c1ccc(Cl)c(Cl)c1)[C@@H]1CC[C@@]2(O)[C@H]3Cc4ccc(O)c5c4C2(CCN3CC2CC2)[C@H]1O5. The highest BCUT2D eigenvalue weighted by molar-refractivity contribution is 6.42. The zero-order valence-corrected chi connectivity index (χ0v) is 21.7. The lowest BCUT2D eigenvalue weighted by Gasteiger charge is -2.64. The Morgan fingerprint density at radius 1 is 1.17 bits per heavy atom. The first-order valence-corrected chi connectivity index (χ1v) is 13.7. The van der Waals surface area contributed by atoms with E-state index in [9.17, 15) is 15.0 Å². The molecule has 3 fully saturated rings. The minimum Gasteiger partial charge on any atom is -0.504 e. The average Bonchev–Trinajstić information content (AvgIpc) is 3.60. The Morgan fingerprint density at radius 2 is 1.97 bits per heavy atom. The number of hydrogen-bond donors (Lipinski definition) is 2. The molecule has 5 aliphatic rings. The number of carbonyl (C=O) groups is 1. The van der Waals surface area contributed by atoms with E-state index in [1.165, 1.54) is 12.8 Å². The summed E-state index contributed by atoms with van der Waals surface area (Å²) in [4.78, 5) is 17.8. The lowest BCUT2D eigenvalue weighted by Crippen LogP contribution is -2.78. The monoisotopic (exact) mass is 528 g/mol. The second kappa shape index (κ2) is 7.76. The third-order valence-electron chi connectivity index (χ3n) is 9.72. The third kappa shape index (κ3) is 2.96. The minimum absolute atomic E-state index is 0.0120. The molecule has 7 rings (SSSR count). The van der Waals surface area contributed by atoms with E-state index in [-0.39, 0.29) is 23.7 Å². The number of aromatic hydroxyl groups is 1. The highest BCUT2D eigenvalue weighted by Gasteiger charge is 2.73. The van der Waals surface area contributed by atoms with Crippen molar-refractivity contribution >= 4 is 29.1 Å². The maximum absolute atomic E-state index is 13.6. The van der Waals surface area contributed by atoms with Gasteiger partial charge in [-0.25, -0.2) is 0 Å². The maximum atomic E-state index is 13.6. The number of carbonyl (C=O) groups excluding carboxylic acids is 1. The number of nitrogens with zero attached hydrogens (tertiary/aromatic N) is 2. The van der Waals surface area contributed by atoms with Crippen molar-refractivity contribution in [2.75, 3.05) is 20.1 Å². The van der Waals surface area contributed by atoms with Crippen molar-refractivity contribution in [3.63, 3.8) is 0 Å². The number of piperidine rings is 1. The molecule has 6 nitrogen and oxygen atoms in total. The van der Waals surface area contributed by atoms with Crippen LogP contribution in [0.25, 0.3) is 0 Å². The molecule has 36 heavy (non-hydrogen) atoms. The molecule has 0 radical (unpaired) electrons. The van der Waals surface area contributed by atoms with Gasteiger partial charge in [-0.15, -0.1) is 0 Å². The molecule has 2 heterocycles. The number of benzene rings is 2. The van der Waals surface area contributed by atoms with Gasteiger partial charge >= 0.3 is 0 Å². The fraction of sp³-hybridized carbons (Fsp3) is 0.536. The van der Waals surface area contributed by atoms with Crippen LogP contribution < -0.4 is 4.74 Å². The smallest absolute Gasteiger partial charge is 0.254 e. The van der Waals surface area contributed by atoms with Gasteiger partial charge in [0, 0.05) is 30.8 Å². The second-order valence-electron chi connectivity index (χ2n) is 11.4. The quantitative estimate of drug-likeness (QED) is 0.615. The summed E-state index contributed by atoms with van der Waals surface area (Å²) in [5, 5.41) is 24.1. The highest BCUT2D eigenvalue weighted by Crippen LogP contribution is 2.66. The Morgan fingerprint density at radius 3 is 2.72 bits per heavy atom. The van der Waals surface area contributed by atoms with Crippen LogP contribution in [0.2, 0.25) is 10.0 Å². The number of likely N-dealkylation sites (tertiary alicyclic amines) is 1. The Kier molecular flexibility index (Phi) is 4.99. The lowest BCUT2D eigenvalue weighted by molar-refractivity contribution is -0.197. The van der Waals surface area contributed by atoms with E-state index >= 15 is 0 Å². The minimum atomic E-state index is -0.971. The molecule has 2 aromatic carbocycles. The molecule has 0 aromatic heterocycles. The highest BCUT2D eigenvalue weighted by atomic mass is 35.5. The van der Waals surface area contributed by atoms with Gasteiger partial charge in [-0.05, 0) is 80.8 Å². The predicted octanol–water partition coefficient (Wildman–Crippen LogP) is 4.40. The third-order valence-corrected chi connectivity index (χ3v) is 10.5. The van der Waals surface area contributed by atoms with Crippen LogP contribution in [0.3, 0.4) is 0 Å². The van der Waals surface area contributed by atoms with Crippen molar-refractivity contribution in [1.29, 1.82) is 0 Å². The summed E-state index contributed by atoms with van der Waals surface area (Å²) in [6, 6.07) is 8.39. The van der Waals surface area contributed by atoms with Crippen LogP contribution in [0.4, 0.5) is 0 Å². The molecule has 2 N–H and O–H groups in total. The van der Waals surface area contributed by atoms with Crippen LogP contribution in [-0.4, -0.2) is 69.8 Å². The number of phenols is 1. The van der Waals surface area contributed by atoms with Crippen molar-refractivity contribution < 1.29 is 19.7 Å². The molecule has 2 saturated carbocycles. The topological polar surface area (TPSA) is 73.2 Å². The normalized spacial score (nSPS) is 34.2. The Bertz CT molecular complexity index is 1280. The second-order valence-corrected chi connectivity index (χ2v) is 12.3. The first kappa shape index (κ1) is 23.2. The maximum Gasteiger partial charge on any atom is 0.254 e. The van der Waals surface area contributed by atoms with E-state index in [2.05, 4.69) is 4.90 Å². The summed E-state index contributed by atoms with van der Waals surface area (Å²) < 4.78 is 6.60. The molecule has 1 amide bonds. The summed E-state index contributed by atoms with van der Waals surface area (Å²) in [5.74, 6) is 1.17. The molecule has 5 atom stereocenters. The van der Waals surface area contributed by atoms with Crippen molar-refractivity contribution in [3.05, 3.63) is 57.1 Å². The summed E-state index contributed by atoms with van der Waals surface area (Å²) >= 11 is 12.3. The van der Waals surface area contributed by atoms with Gasteiger partial charge in [0.15, 0.2) is 11.5 Å². The van der Waals surface area contributed by atoms with Gasteiger partial charge < -0.3 is 19.8 Å². The van der Waals surface area contributed by atoms with Crippen LogP contribution >= 0.6 is 23.2 Å². The van der Waals surface area contributed by atoms with Crippen molar-refractivity contribution in [2.24, 2.45) is 5.92 Å². The number of ether oxygens (including phenoxy) is 1. The van der Waals surface area contributed by atoms with Crippen LogP contribution in [0, 0.1) is 5.92 Å². The van der Waals surface area contributed by atoms with Crippen LogP contribution in [0.1, 0.15) is 53.6 Å². The van der Waals surface area contributed by atoms with Crippen LogP contribution in [0.5, 0.6) is 11.5 Å². The van der Waals surface area contributed by atoms with E-state index in [0.717, 1.165) is 43.0 Å². The average molecular weight is 529 g/mol. The molecule has 1 spiro atoms. The molecule has 8 heteroatoms. The molecule has 2 aromatic rings. The zero-order chi connectivity index (χ0) is 25.0. The molecule has 2 bridgehead atoms. The Labute approximate surface area is 220 Å². The van der Waals surface area contributed by atoms with Gasteiger partial charge in [0.05, 0.1) is 27.1 Å². The number of hydrogen-bond acceptors (Lipinski definition) is 5. The molecule has 1 saturated heterocycles. The van der Waals surface area contributed by atoms with Gasteiger partial charge in [-0.1, -0.05) is 29.3 Å². The van der Waals surface area contributed by atoms with E-state index < -0.39 is 17.1 Å². The van der Waals surface area contributed by atoms with Gasteiger partial charge in [0.1, 0.15) is 6.10 Å². The standard InChI is InChI=1S/C28H30Cl2N2O4/c1-31(26(34)17-4-6-18(29)19(30)12-17)20-8-9-28(35)22-13-16-5-7-21(33)24-23(16)27(28,25(20)36-24)10-11-32(22)14-15-2-3-15/h4-7,12,15,20,22,25,33,35H,2-3,8-11,13-14H2,1H3/t20-,22-,25+,27?,28-/m1/s1. The molecular formula is C28H30Cl2N2O4. The number of likely N-dealkylation sites (N-methyl/N-ethyl adjacent to an activating group) is 1. The number of amides is 1. The number of aliphatic hydroxyl groups is 1. The van der Waals surface area contributed by atoms with Crippen molar-refractivity contribution in [2.45, 2.75) is 67.7 Å². The Balaban J connectivity index is 1.31. The molecule has 1 unspecified atom stereocenters. The van der Waals surface area contributed by atoms with Crippen LogP contribution in [-0.2, 0) is 11.8 Å². The number of halogens is 2. The van der Waals surface area contributed by atoms with Crippen LogP contribution in [0.15, 0.2) is 30.3 Å². The van der Waals surface area contributed by atoms with Crippen molar-refractivity contribution in [3.8, 4) is 11.5 Å². The van der Waals surface area contributed by atoms with Gasteiger partial charge in [0.2, 0.25) is 0 Å². The first-order chi connectivity index (χ1) is 17.2. The Hall–Kier alpha value is -1.99. The van der Waals surface area contributed by atoms with E-state index in [1.54, 1.807) is 36.2 Å². The summed E-state index contributed by atoms with van der Waals surface area (Å²) in [6.45, 7) is 1.92. The predicted molar refractivity (Wildman–Crippen MR) is 137 cm³/mol. The molecular weight excluding hydrogens is 499 g/mol. The summed E-state index contributed by atoms with van der Waals surface area (Å²) in [6.07, 6.45) is 4.80. The van der Waals surface area contributed by atoms with E-state index in [4.69, 9.17) is 27.9 Å². The largest absolute Gasteiger partial charge is 0.504 e. The molecule has 2 aliphatic heterocycles. The summed E-state index contributed by atoms with van der Waals surface area (Å²) in [7, 11) is 1.80. The first-order valence-electron chi connectivity index (χ1n) is 13.0. The van der Waals surface area contributed by atoms with E-state index in [1.807, 2.05) is 6.07 Å². The number of rotatable bonds is 4. The van der Waals surface area contributed by atoms with E-state index in [0.29, 0.717) is 34.2 Å². The fourth-order valence-electron chi connectivity index (χ4n) is 7.84. The van der Waals surface area contributed by atoms with Gasteiger partial charge in [-0.2, -0.15) is 0 Å². The number of phenolic OH excluding ortho intramolecular Hbond substituents is 1.